The number of likely N-dealkylation sites (tertiary alicyclic amines) is 1. The Morgan fingerprint density at radius 3 is 2.69 bits per heavy atom. The Morgan fingerprint density at radius 2 is 1.91 bits per heavy atom. The molecule has 1 N–H and O–H groups in total. The normalized spacial score (nSPS) is 16.3. The zero-order chi connectivity index (χ0) is 22.5. The minimum absolute atomic E-state index is 0.121. The van der Waals surface area contributed by atoms with Gasteiger partial charge in [0.25, 0.3) is 5.91 Å². The Morgan fingerprint density at radius 1 is 1.12 bits per heavy atom. The molecule has 1 aliphatic heterocycles. The number of amides is 2. The Balaban J connectivity index is 1.41. The molecule has 0 aliphatic carbocycles. The van der Waals surface area contributed by atoms with Gasteiger partial charge in [-0.25, -0.2) is 4.98 Å². The minimum atomic E-state index is -0.121. The van der Waals surface area contributed by atoms with Crippen LogP contribution in [0.5, 0.6) is 0 Å². The van der Waals surface area contributed by atoms with Crippen LogP contribution in [0.3, 0.4) is 0 Å². The minimum Gasteiger partial charge on any atom is -0.352 e. The largest absolute Gasteiger partial charge is 0.352 e. The summed E-state index contributed by atoms with van der Waals surface area (Å²) in [6.45, 7) is 3.80. The molecule has 6 nitrogen and oxygen atoms in total. The monoisotopic (exact) mass is 452 g/mol. The van der Waals surface area contributed by atoms with Crippen molar-refractivity contribution >= 4 is 34.4 Å². The summed E-state index contributed by atoms with van der Waals surface area (Å²) >= 11 is 5.88. The molecule has 168 valence electrons. The summed E-state index contributed by atoms with van der Waals surface area (Å²) in [5, 5.41) is 3.55. The molecule has 32 heavy (non-hydrogen) atoms. The van der Waals surface area contributed by atoms with Crippen LogP contribution in [0.4, 0.5) is 0 Å². The predicted octanol–water partition coefficient (Wildman–Crippen LogP) is 4.45. The van der Waals surface area contributed by atoms with E-state index in [4.69, 9.17) is 16.6 Å². The number of carbonyl (C=O) groups excluding carboxylic acids is 2. The summed E-state index contributed by atoms with van der Waals surface area (Å²) in [6.07, 6.45) is 4.73. The molecule has 0 radical (unpaired) electrons. The zero-order valence-electron chi connectivity index (χ0n) is 18.4. The van der Waals surface area contributed by atoms with Crippen LogP contribution in [-0.2, 0) is 17.8 Å². The van der Waals surface area contributed by atoms with E-state index in [0.29, 0.717) is 30.1 Å². The number of piperidine rings is 1. The average molecular weight is 453 g/mol. The number of rotatable bonds is 7. The second kappa shape index (κ2) is 10.2. The highest BCUT2D eigenvalue weighted by Gasteiger charge is 2.24. The second-order valence-corrected chi connectivity index (χ2v) is 8.84. The Kier molecular flexibility index (Phi) is 7.10. The average Bonchev–Trinajstić information content (AvgIpc) is 3.14. The molecule has 0 bridgehead atoms. The summed E-state index contributed by atoms with van der Waals surface area (Å²) in [5.41, 5.74) is 2.46. The zero-order valence-corrected chi connectivity index (χ0v) is 19.1. The smallest absolute Gasteiger partial charge is 0.251 e. The molecule has 1 aromatic heterocycles. The van der Waals surface area contributed by atoms with Gasteiger partial charge in [0.2, 0.25) is 5.91 Å². The highest BCUT2D eigenvalue weighted by molar-refractivity contribution is 6.30. The van der Waals surface area contributed by atoms with Gasteiger partial charge < -0.3 is 14.8 Å². The van der Waals surface area contributed by atoms with Crippen molar-refractivity contribution in [3.63, 3.8) is 0 Å². The summed E-state index contributed by atoms with van der Waals surface area (Å²) < 4.78 is 2.04. The number of hydrogen-bond donors (Lipinski definition) is 1. The maximum Gasteiger partial charge on any atom is 0.251 e. The maximum absolute atomic E-state index is 13.1. The first-order chi connectivity index (χ1) is 15.5. The van der Waals surface area contributed by atoms with Gasteiger partial charge in [-0.15, -0.1) is 0 Å². The van der Waals surface area contributed by atoms with Gasteiger partial charge in [0.1, 0.15) is 12.4 Å². The lowest BCUT2D eigenvalue weighted by Gasteiger charge is -2.33. The van der Waals surface area contributed by atoms with Crippen LogP contribution < -0.4 is 5.32 Å². The number of hydrogen-bond acceptors (Lipinski definition) is 3. The van der Waals surface area contributed by atoms with Crippen molar-refractivity contribution in [2.75, 3.05) is 13.1 Å². The molecule has 1 aliphatic rings. The number of halogens is 1. The molecule has 4 rings (SSSR count). The van der Waals surface area contributed by atoms with Gasteiger partial charge >= 0.3 is 0 Å². The lowest BCUT2D eigenvalue weighted by atomic mass is 10.0. The van der Waals surface area contributed by atoms with E-state index >= 15 is 0 Å². The maximum atomic E-state index is 13.1. The van der Waals surface area contributed by atoms with Gasteiger partial charge in [-0.1, -0.05) is 23.7 Å². The van der Waals surface area contributed by atoms with Crippen molar-refractivity contribution in [1.29, 1.82) is 0 Å². The van der Waals surface area contributed by atoms with Gasteiger partial charge in [0, 0.05) is 36.1 Å². The van der Waals surface area contributed by atoms with E-state index < -0.39 is 0 Å². The summed E-state index contributed by atoms with van der Waals surface area (Å²) in [7, 11) is 0. The predicted molar refractivity (Wildman–Crippen MR) is 127 cm³/mol. The first-order valence-electron chi connectivity index (χ1n) is 11.3. The quantitative estimate of drug-likeness (QED) is 0.538. The van der Waals surface area contributed by atoms with Crippen molar-refractivity contribution in [3.8, 4) is 0 Å². The van der Waals surface area contributed by atoms with Crippen LogP contribution in [0, 0.1) is 0 Å². The SMILES string of the molecule is CC1CCCCN1C(=O)Cn1c(CCCNC(=O)c2ccc(Cl)cc2)nc2ccccc21. The number of imidazole rings is 1. The van der Waals surface area contributed by atoms with E-state index in [1.807, 2.05) is 33.7 Å². The highest BCUT2D eigenvalue weighted by atomic mass is 35.5. The second-order valence-electron chi connectivity index (χ2n) is 8.40. The molecule has 7 heteroatoms. The number of nitrogens with one attached hydrogen (secondary N) is 1. The van der Waals surface area contributed by atoms with E-state index in [1.165, 1.54) is 6.42 Å². The van der Waals surface area contributed by atoms with Crippen molar-refractivity contribution < 1.29 is 9.59 Å². The van der Waals surface area contributed by atoms with E-state index in [1.54, 1.807) is 24.3 Å². The van der Waals surface area contributed by atoms with Crippen LogP contribution in [0.1, 0.15) is 48.8 Å². The molecule has 2 amide bonds. The number of fused-ring (bicyclic) bond motifs is 1. The molecule has 1 atom stereocenters. The van der Waals surface area contributed by atoms with E-state index in [-0.39, 0.29) is 17.9 Å². The summed E-state index contributed by atoms with van der Waals surface area (Å²) in [6, 6.07) is 15.1. The topological polar surface area (TPSA) is 67.2 Å². The Labute approximate surface area is 193 Å². The molecule has 0 saturated carbocycles. The van der Waals surface area contributed by atoms with Crippen LogP contribution >= 0.6 is 11.6 Å². The van der Waals surface area contributed by atoms with Gasteiger partial charge in [-0.05, 0) is 69.0 Å². The standard InChI is InChI=1S/C25H29ClN4O2/c1-18-7-4-5-16-29(18)24(31)17-30-22-9-3-2-8-21(22)28-23(30)10-6-15-27-25(32)19-11-13-20(26)14-12-19/h2-3,8-9,11-14,18H,4-7,10,15-17H2,1H3,(H,27,32). The molecule has 1 unspecified atom stereocenters. The molecular formula is C25H29ClN4O2. The van der Waals surface area contributed by atoms with Gasteiger partial charge in [0.05, 0.1) is 11.0 Å². The number of aryl methyl sites for hydroxylation is 1. The van der Waals surface area contributed by atoms with E-state index in [0.717, 1.165) is 42.7 Å². The third-order valence-electron chi connectivity index (χ3n) is 6.12. The third kappa shape index (κ3) is 5.13. The van der Waals surface area contributed by atoms with Gasteiger partial charge in [-0.3, -0.25) is 9.59 Å². The molecule has 1 saturated heterocycles. The third-order valence-corrected chi connectivity index (χ3v) is 6.37. The molecule has 2 heterocycles. The molecule has 2 aromatic carbocycles. The fraction of sp³-hybridized carbons (Fsp3) is 0.400. The van der Waals surface area contributed by atoms with Crippen LogP contribution in [0.25, 0.3) is 11.0 Å². The molecule has 1 fully saturated rings. The lowest BCUT2D eigenvalue weighted by molar-refractivity contribution is -0.135. The van der Waals surface area contributed by atoms with Crippen LogP contribution in [-0.4, -0.2) is 45.4 Å². The van der Waals surface area contributed by atoms with E-state index in [2.05, 4.69) is 12.2 Å². The Bertz CT molecular complexity index is 1090. The first kappa shape index (κ1) is 22.3. The highest BCUT2D eigenvalue weighted by Crippen LogP contribution is 2.20. The fourth-order valence-electron chi connectivity index (χ4n) is 4.34. The van der Waals surface area contributed by atoms with Crippen molar-refractivity contribution in [2.24, 2.45) is 0 Å². The van der Waals surface area contributed by atoms with Crippen molar-refractivity contribution in [2.45, 2.75) is 51.6 Å². The van der Waals surface area contributed by atoms with Gasteiger partial charge in [0.15, 0.2) is 0 Å². The van der Waals surface area contributed by atoms with E-state index in [9.17, 15) is 9.59 Å². The number of benzene rings is 2. The Hall–Kier alpha value is -2.86. The van der Waals surface area contributed by atoms with Crippen molar-refractivity contribution in [3.05, 3.63) is 64.9 Å². The van der Waals surface area contributed by atoms with Gasteiger partial charge in [-0.2, -0.15) is 0 Å². The van der Waals surface area contributed by atoms with Crippen LogP contribution in [0.15, 0.2) is 48.5 Å². The first-order valence-corrected chi connectivity index (χ1v) is 11.7. The number of aromatic nitrogens is 2. The summed E-state index contributed by atoms with van der Waals surface area (Å²) in [4.78, 5) is 32.2. The number of nitrogens with zero attached hydrogens (tertiary/aromatic N) is 3. The summed E-state index contributed by atoms with van der Waals surface area (Å²) in [5.74, 6) is 0.909. The molecule has 0 spiro atoms. The number of para-hydroxylation sites is 2. The fourth-order valence-corrected chi connectivity index (χ4v) is 4.47. The lowest BCUT2D eigenvalue weighted by Crippen LogP contribution is -2.43. The molecular weight excluding hydrogens is 424 g/mol. The number of carbonyl (C=O) groups is 2. The molecule has 3 aromatic rings. The van der Waals surface area contributed by atoms with Crippen LogP contribution in [0.2, 0.25) is 5.02 Å². The van der Waals surface area contributed by atoms with Crippen molar-refractivity contribution in [1.82, 2.24) is 19.8 Å².